The summed E-state index contributed by atoms with van der Waals surface area (Å²) in [4.78, 5) is 12.2. The van der Waals surface area contributed by atoms with Gasteiger partial charge in [-0.3, -0.25) is 4.79 Å². The molecule has 0 heterocycles. The van der Waals surface area contributed by atoms with E-state index in [2.05, 4.69) is 0 Å². The lowest BCUT2D eigenvalue weighted by molar-refractivity contribution is -0.786. The molecule has 0 aromatic heterocycles. The van der Waals surface area contributed by atoms with Crippen molar-refractivity contribution >= 4 is 11.5 Å². The van der Waals surface area contributed by atoms with Crippen molar-refractivity contribution in [1.29, 1.82) is 0 Å². The topological polar surface area (TPSA) is 21.5 Å². The fourth-order valence-electron chi connectivity index (χ4n) is 1.05. The summed E-state index contributed by atoms with van der Waals surface area (Å²) in [6.07, 6.45) is 0. The van der Waals surface area contributed by atoms with Gasteiger partial charge in [0.15, 0.2) is 5.78 Å². The van der Waals surface area contributed by atoms with Crippen molar-refractivity contribution in [3.8, 4) is 0 Å². The van der Waals surface area contributed by atoms with Crippen LogP contribution < -0.4 is 4.90 Å². The molecular weight excluding hydrogens is 150 g/mol. The van der Waals surface area contributed by atoms with Crippen LogP contribution in [0.5, 0.6) is 0 Å². The number of carbonyl (C=O) groups is 1. The molecule has 0 saturated heterocycles. The highest BCUT2D eigenvalue weighted by molar-refractivity contribution is 5.94. The number of quaternary nitrogens is 1. The van der Waals surface area contributed by atoms with Crippen LogP contribution in [0.2, 0.25) is 0 Å². The molecule has 0 atom stereocenters. The molecule has 0 saturated carbocycles. The Morgan fingerprint density at radius 1 is 1.33 bits per heavy atom. The van der Waals surface area contributed by atoms with Crippen LogP contribution in [0.3, 0.4) is 0 Å². The maximum Gasteiger partial charge on any atom is 0.160 e. The van der Waals surface area contributed by atoms with Crippen LogP contribution in [0.1, 0.15) is 17.3 Å². The smallest absolute Gasteiger partial charge is 0.160 e. The Bertz CT molecular complexity index is 292. The summed E-state index contributed by atoms with van der Waals surface area (Å²) in [6.45, 7) is 1.59. The summed E-state index contributed by atoms with van der Waals surface area (Å²) in [5, 5.41) is 0. The zero-order chi connectivity index (χ0) is 9.14. The van der Waals surface area contributed by atoms with Crippen molar-refractivity contribution in [3.05, 3.63) is 29.8 Å². The molecule has 0 spiro atoms. The number of rotatable bonds is 2. The highest BCUT2D eigenvalue weighted by Gasteiger charge is 2.03. The third-order valence-corrected chi connectivity index (χ3v) is 1.85. The number of hydrogen-bond acceptors (Lipinski definition) is 1. The molecule has 0 unspecified atom stereocenters. The second-order valence-electron chi connectivity index (χ2n) is 3.14. The Morgan fingerprint density at radius 3 is 2.50 bits per heavy atom. The molecule has 0 amide bonds. The molecule has 64 valence electrons. The van der Waals surface area contributed by atoms with Crippen molar-refractivity contribution in [2.24, 2.45) is 0 Å². The first-order chi connectivity index (χ1) is 5.61. The summed E-state index contributed by atoms with van der Waals surface area (Å²) in [6, 6.07) is 7.70. The zero-order valence-corrected chi connectivity index (χ0v) is 7.72. The predicted octanol–water partition coefficient (Wildman–Crippen LogP) is 0.665. The number of carbonyl (C=O) groups excluding carboxylic acids is 1. The molecule has 2 nitrogen and oxygen atoms in total. The van der Waals surface area contributed by atoms with Crippen LogP contribution in [-0.2, 0) is 0 Å². The quantitative estimate of drug-likeness (QED) is 0.637. The lowest BCUT2D eigenvalue weighted by Crippen LogP contribution is -3.00. The Labute approximate surface area is 72.8 Å². The monoisotopic (exact) mass is 164 g/mol. The minimum atomic E-state index is 0.123. The van der Waals surface area contributed by atoms with Gasteiger partial charge in [-0.2, -0.15) is 0 Å². The summed E-state index contributed by atoms with van der Waals surface area (Å²) in [5.74, 6) is 0.123. The first-order valence-electron chi connectivity index (χ1n) is 4.03. The summed E-state index contributed by atoms with van der Waals surface area (Å²) < 4.78 is 0. The Hall–Kier alpha value is -1.15. The lowest BCUT2D eigenvalue weighted by Gasteiger charge is -2.06. The first-order valence-corrected chi connectivity index (χ1v) is 4.03. The van der Waals surface area contributed by atoms with Crippen LogP contribution in [0.15, 0.2) is 24.3 Å². The van der Waals surface area contributed by atoms with Crippen molar-refractivity contribution in [2.45, 2.75) is 6.92 Å². The van der Waals surface area contributed by atoms with Gasteiger partial charge >= 0.3 is 0 Å². The third-order valence-electron chi connectivity index (χ3n) is 1.85. The van der Waals surface area contributed by atoms with Gasteiger partial charge < -0.3 is 4.90 Å². The summed E-state index contributed by atoms with van der Waals surface area (Å²) >= 11 is 0. The van der Waals surface area contributed by atoms with E-state index in [4.69, 9.17) is 0 Å². The van der Waals surface area contributed by atoms with Crippen molar-refractivity contribution < 1.29 is 9.69 Å². The molecule has 0 bridgehead atoms. The van der Waals surface area contributed by atoms with Gasteiger partial charge in [-0.25, -0.2) is 0 Å². The number of Topliss-reactive ketones (excluding diaryl/α,β-unsaturated/α-hetero) is 1. The van der Waals surface area contributed by atoms with Crippen LogP contribution >= 0.6 is 0 Å². The van der Waals surface area contributed by atoms with Gasteiger partial charge in [0.2, 0.25) is 0 Å². The van der Waals surface area contributed by atoms with E-state index >= 15 is 0 Å². The van der Waals surface area contributed by atoms with E-state index in [9.17, 15) is 4.79 Å². The highest BCUT2D eigenvalue weighted by atomic mass is 16.1. The van der Waals surface area contributed by atoms with E-state index < -0.39 is 0 Å². The van der Waals surface area contributed by atoms with Gasteiger partial charge in [-0.05, 0) is 13.0 Å². The highest BCUT2D eigenvalue weighted by Crippen LogP contribution is 2.06. The second kappa shape index (κ2) is 3.50. The van der Waals surface area contributed by atoms with E-state index in [1.165, 1.54) is 4.90 Å². The average Bonchev–Trinajstić information content (AvgIpc) is 2.04. The Kier molecular flexibility index (Phi) is 2.61. The van der Waals surface area contributed by atoms with Crippen LogP contribution in [0.25, 0.3) is 0 Å². The third kappa shape index (κ3) is 1.92. The molecule has 2 heteroatoms. The Morgan fingerprint density at radius 2 is 2.00 bits per heavy atom. The second-order valence-corrected chi connectivity index (χ2v) is 3.14. The molecule has 1 rings (SSSR count). The van der Waals surface area contributed by atoms with Crippen LogP contribution in [0, 0.1) is 0 Å². The summed E-state index contributed by atoms with van der Waals surface area (Å²) in [5.41, 5.74) is 1.93. The molecule has 12 heavy (non-hydrogen) atoms. The van der Waals surface area contributed by atoms with Gasteiger partial charge in [-0.1, -0.05) is 12.1 Å². The molecule has 0 aliphatic heterocycles. The van der Waals surface area contributed by atoms with E-state index in [1.54, 1.807) is 6.92 Å². The maximum absolute atomic E-state index is 11.0. The van der Waals surface area contributed by atoms with E-state index in [-0.39, 0.29) is 5.78 Å². The van der Waals surface area contributed by atoms with Gasteiger partial charge in [0, 0.05) is 11.6 Å². The molecule has 0 radical (unpaired) electrons. The van der Waals surface area contributed by atoms with Crippen LogP contribution in [0.4, 0.5) is 5.69 Å². The normalized spacial score (nSPS) is 10.3. The predicted molar refractivity (Wildman–Crippen MR) is 48.9 cm³/mol. The fraction of sp³-hybridized carbons (Fsp3) is 0.300. The Balaban J connectivity index is 3.04. The minimum absolute atomic E-state index is 0.123. The number of nitrogens with one attached hydrogen (secondary N) is 1. The molecule has 1 N–H and O–H groups in total. The summed E-state index contributed by atoms with van der Waals surface area (Å²) in [7, 11) is 4.08. The SMILES string of the molecule is CC(=O)c1cccc([NH+](C)C)c1. The molecule has 1 aromatic carbocycles. The standard InChI is InChI=1S/C10H13NO/c1-8(12)9-5-4-6-10(7-9)11(2)3/h4-7H,1-3H3/p+1. The zero-order valence-electron chi connectivity index (χ0n) is 7.72. The lowest BCUT2D eigenvalue weighted by atomic mass is 10.1. The van der Waals surface area contributed by atoms with Gasteiger partial charge in [0.25, 0.3) is 0 Å². The van der Waals surface area contributed by atoms with E-state index in [0.717, 1.165) is 11.3 Å². The average molecular weight is 164 g/mol. The van der Waals surface area contributed by atoms with Crippen molar-refractivity contribution in [1.82, 2.24) is 0 Å². The fourth-order valence-corrected chi connectivity index (χ4v) is 1.05. The van der Waals surface area contributed by atoms with E-state index in [0.29, 0.717) is 0 Å². The first kappa shape index (κ1) is 8.94. The minimum Gasteiger partial charge on any atom is -0.307 e. The van der Waals surface area contributed by atoms with Gasteiger partial charge in [0.1, 0.15) is 5.69 Å². The van der Waals surface area contributed by atoms with Gasteiger partial charge in [-0.15, -0.1) is 0 Å². The number of ketones is 1. The number of benzene rings is 1. The molecule has 0 fully saturated rings. The van der Waals surface area contributed by atoms with Crippen molar-refractivity contribution in [2.75, 3.05) is 14.1 Å². The molecule has 0 aliphatic rings. The van der Waals surface area contributed by atoms with Crippen molar-refractivity contribution in [3.63, 3.8) is 0 Å². The number of hydrogen-bond donors (Lipinski definition) is 1. The maximum atomic E-state index is 11.0. The molecular formula is C10H14NO+. The van der Waals surface area contributed by atoms with E-state index in [1.807, 2.05) is 38.4 Å². The molecule has 1 aromatic rings. The van der Waals surface area contributed by atoms with Crippen LogP contribution in [-0.4, -0.2) is 19.9 Å². The largest absolute Gasteiger partial charge is 0.307 e. The molecule has 0 aliphatic carbocycles. The van der Waals surface area contributed by atoms with Gasteiger partial charge in [0.05, 0.1) is 14.1 Å².